The molecule has 0 radical (unpaired) electrons. The van der Waals surface area contributed by atoms with Crippen molar-refractivity contribution < 1.29 is 13.9 Å². The normalized spacial score (nSPS) is 10.9. The zero-order valence-electron chi connectivity index (χ0n) is 17.9. The average molecular weight is 448 g/mol. The Morgan fingerprint density at radius 1 is 1.25 bits per heavy atom. The molecule has 7 heteroatoms. The number of ether oxygens (including phenoxy) is 1. The Bertz CT molecular complexity index is 1330. The van der Waals surface area contributed by atoms with E-state index in [0.29, 0.717) is 35.1 Å². The zero-order valence-corrected chi connectivity index (χ0v) is 18.6. The van der Waals surface area contributed by atoms with Crippen molar-refractivity contribution in [2.75, 3.05) is 7.11 Å². The number of fused-ring (bicyclic) bond motifs is 1. The largest absolute Gasteiger partial charge is 0.468 e. The Kier molecular flexibility index (Phi) is 6.29. The maximum Gasteiger partial charge on any atom is 0.292 e. The lowest BCUT2D eigenvalue weighted by molar-refractivity contribution is 0.111. The van der Waals surface area contributed by atoms with Crippen molar-refractivity contribution in [3.8, 4) is 23.3 Å². The molecule has 0 saturated carbocycles. The summed E-state index contributed by atoms with van der Waals surface area (Å²) >= 11 is 6.21. The number of imidazole rings is 1. The smallest absolute Gasteiger partial charge is 0.292 e. The van der Waals surface area contributed by atoms with Crippen LogP contribution in [0.25, 0.3) is 22.1 Å². The summed E-state index contributed by atoms with van der Waals surface area (Å²) in [6.07, 6.45) is 3.48. The number of rotatable bonds is 8. The Balaban J connectivity index is 1.79. The highest BCUT2D eigenvalue weighted by Crippen LogP contribution is 2.40. The van der Waals surface area contributed by atoms with Gasteiger partial charge in [-0.3, -0.25) is 4.79 Å². The van der Waals surface area contributed by atoms with Gasteiger partial charge in [-0.25, -0.2) is 4.98 Å². The second-order valence-corrected chi connectivity index (χ2v) is 7.83. The summed E-state index contributed by atoms with van der Waals surface area (Å²) in [6, 6.07) is 15.4. The number of nitriles is 1. The number of benzene rings is 2. The average Bonchev–Trinajstić information content (AvgIpc) is 3.33. The number of furan rings is 1. The Morgan fingerprint density at radius 3 is 2.78 bits per heavy atom. The van der Waals surface area contributed by atoms with Crippen LogP contribution in [0.2, 0.25) is 5.15 Å². The molecule has 162 valence electrons. The zero-order chi connectivity index (χ0) is 22.7. The fraction of sp³-hybridized carbons (Fsp3) is 0.240. The van der Waals surface area contributed by atoms with E-state index in [-0.39, 0.29) is 5.15 Å². The summed E-state index contributed by atoms with van der Waals surface area (Å²) in [5.41, 5.74) is 2.56. The highest BCUT2D eigenvalue weighted by molar-refractivity contribution is 6.31. The van der Waals surface area contributed by atoms with Crippen molar-refractivity contribution in [1.29, 1.82) is 5.26 Å². The molecule has 4 rings (SSSR count). The van der Waals surface area contributed by atoms with Crippen molar-refractivity contribution >= 4 is 28.7 Å². The number of carbonyl (C=O) groups excluding carboxylic acids is 1. The van der Waals surface area contributed by atoms with Gasteiger partial charge in [0.05, 0.1) is 24.1 Å². The van der Waals surface area contributed by atoms with E-state index in [2.05, 4.69) is 18.0 Å². The second kappa shape index (κ2) is 9.29. The van der Waals surface area contributed by atoms with Crippen LogP contribution in [-0.4, -0.2) is 22.9 Å². The van der Waals surface area contributed by atoms with E-state index in [4.69, 9.17) is 20.8 Å². The number of aldehydes is 1. The highest BCUT2D eigenvalue weighted by Gasteiger charge is 2.20. The van der Waals surface area contributed by atoms with Crippen LogP contribution in [0.3, 0.4) is 0 Å². The Labute approximate surface area is 191 Å². The molecule has 0 aliphatic carbocycles. The minimum absolute atomic E-state index is 0.225. The number of unbranched alkanes of at least 4 members (excludes halogenated alkanes) is 1. The first-order valence-electron chi connectivity index (χ1n) is 10.4. The standard InChI is InChI=1S/C25H22ClN3O3/c1-3-4-9-22-28-24(26)21(15-30)29(22)14-16-10-11-19-20(12-16)25(31-2)32-23(19)18-8-6-5-7-17(18)13-27/h5-8,10-12,15H,3-4,9,14H2,1-2H3. The van der Waals surface area contributed by atoms with E-state index in [1.807, 2.05) is 41.0 Å². The third-order valence-corrected chi connectivity index (χ3v) is 5.75. The molecule has 0 N–H and O–H groups in total. The molecule has 2 aromatic heterocycles. The molecule has 0 aliphatic heterocycles. The van der Waals surface area contributed by atoms with E-state index < -0.39 is 0 Å². The molecular weight excluding hydrogens is 426 g/mol. The van der Waals surface area contributed by atoms with E-state index in [9.17, 15) is 10.1 Å². The first kappa shape index (κ1) is 21.7. The number of aromatic nitrogens is 2. The SMILES string of the molecule is CCCCc1nc(Cl)c(C=O)n1Cc1ccc2c(-c3ccccc3C#N)oc(OC)c2c1. The molecule has 0 aliphatic rings. The fourth-order valence-corrected chi connectivity index (χ4v) is 4.11. The van der Waals surface area contributed by atoms with Crippen LogP contribution in [-0.2, 0) is 13.0 Å². The summed E-state index contributed by atoms with van der Waals surface area (Å²) in [5, 5.41) is 11.4. The molecular formula is C25H22ClN3O3. The highest BCUT2D eigenvalue weighted by atomic mass is 35.5. The number of aryl methyl sites for hydroxylation is 1. The molecule has 0 amide bonds. The third-order valence-electron chi connectivity index (χ3n) is 5.47. The van der Waals surface area contributed by atoms with Crippen LogP contribution < -0.4 is 4.74 Å². The molecule has 32 heavy (non-hydrogen) atoms. The van der Waals surface area contributed by atoms with E-state index in [1.54, 1.807) is 13.2 Å². The maximum atomic E-state index is 11.7. The molecule has 0 bridgehead atoms. The summed E-state index contributed by atoms with van der Waals surface area (Å²) < 4.78 is 13.4. The molecule has 0 saturated heterocycles. The molecule has 2 heterocycles. The number of nitrogens with zero attached hydrogens (tertiary/aromatic N) is 3. The lowest BCUT2D eigenvalue weighted by Gasteiger charge is -2.10. The number of hydrogen-bond acceptors (Lipinski definition) is 5. The first-order valence-corrected chi connectivity index (χ1v) is 10.8. The summed E-state index contributed by atoms with van der Waals surface area (Å²) in [4.78, 5) is 16.0. The van der Waals surface area contributed by atoms with Gasteiger partial charge in [0, 0.05) is 23.9 Å². The van der Waals surface area contributed by atoms with Crippen LogP contribution in [0.4, 0.5) is 0 Å². The molecule has 6 nitrogen and oxygen atoms in total. The fourth-order valence-electron chi connectivity index (χ4n) is 3.87. The lowest BCUT2D eigenvalue weighted by Crippen LogP contribution is -2.08. The molecule has 0 fully saturated rings. The predicted octanol–water partition coefficient (Wildman–Crippen LogP) is 6.03. The monoisotopic (exact) mass is 447 g/mol. The van der Waals surface area contributed by atoms with Gasteiger partial charge in [-0.2, -0.15) is 5.26 Å². The molecule has 2 aromatic carbocycles. The van der Waals surface area contributed by atoms with Crippen LogP contribution in [0.1, 0.15) is 47.2 Å². The van der Waals surface area contributed by atoms with Gasteiger partial charge in [0.1, 0.15) is 17.3 Å². The summed E-state index contributed by atoms with van der Waals surface area (Å²) in [7, 11) is 1.55. The number of halogens is 1. The van der Waals surface area contributed by atoms with Gasteiger partial charge in [-0.15, -0.1) is 0 Å². The third kappa shape index (κ3) is 3.88. The predicted molar refractivity (Wildman–Crippen MR) is 123 cm³/mol. The summed E-state index contributed by atoms with van der Waals surface area (Å²) in [6.45, 7) is 2.55. The molecule has 4 aromatic rings. The van der Waals surface area contributed by atoms with Crippen molar-refractivity contribution in [2.24, 2.45) is 0 Å². The van der Waals surface area contributed by atoms with Gasteiger partial charge in [0.15, 0.2) is 11.4 Å². The minimum atomic E-state index is 0.225. The first-order chi connectivity index (χ1) is 15.6. The van der Waals surface area contributed by atoms with Gasteiger partial charge in [-0.05, 0) is 36.2 Å². The molecule has 0 atom stereocenters. The second-order valence-electron chi connectivity index (χ2n) is 7.47. The van der Waals surface area contributed by atoms with Gasteiger partial charge in [0.25, 0.3) is 5.95 Å². The molecule has 0 spiro atoms. The van der Waals surface area contributed by atoms with Crippen LogP contribution in [0, 0.1) is 11.3 Å². The quantitative estimate of drug-likeness (QED) is 0.308. The van der Waals surface area contributed by atoms with Crippen molar-refractivity contribution in [1.82, 2.24) is 9.55 Å². The number of carbonyl (C=O) groups is 1. The van der Waals surface area contributed by atoms with Crippen molar-refractivity contribution in [3.63, 3.8) is 0 Å². The van der Waals surface area contributed by atoms with Gasteiger partial charge in [-0.1, -0.05) is 43.1 Å². The summed E-state index contributed by atoms with van der Waals surface area (Å²) in [5.74, 6) is 1.75. The lowest BCUT2D eigenvalue weighted by atomic mass is 10.0. The van der Waals surface area contributed by atoms with Crippen LogP contribution in [0.5, 0.6) is 5.95 Å². The number of methoxy groups -OCH3 is 1. The van der Waals surface area contributed by atoms with Crippen LogP contribution in [0.15, 0.2) is 46.9 Å². The maximum absolute atomic E-state index is 11.7. The van der Waals surface area contributed by atoms with Crippen molar-refractivity contribution in [3.05, 3.63) is 70.3 Å². The Morgan fingerprint density at radius 2 is 2.06 bits per heavy atom. The Hall–Kier alpha value is -3.56. The van der Waals surface area contributed by atoms with Crippen LogP contribution >= 0.6 is 11.6 Å². The van der Waals surface area contributed by atoms with E-state index >= 15 is 0 Å². The van der Waals surface area contributed by atoms with Gasteiger partial charge in [0.2, 0.25) is 0 Å². The van der Waals surface area contributed by atoms with Crippen molar-refractivity contribution in [2.45, 2.75) is 32.7 Å². The number of hydrogen-bond donors (Lipinski definition) is 0. The molecule has 0 unspecified atom stereocenters. The van der Waals surface area contributed by atoms with E-state index in [1.165, 1.54) is 0 Å². The van der Waals surface area contributed by atoms with Gasteiger partial charge < -0.3 is 13.7 Å². The van der Waals surface area contributed by atoms with E-state index in [0.717, 1.165) is 47.7 Å². The van der Waals surface area contributed by atoms with Gasteiger partial charge >= 0.3 is 0 Å². The topological polar surface area (TPSA) is 81.0 Å². The minimum Gasteiger partial charge on any atom is -0.468 e.